The monoisotopic (exact) mass is 293 g/mol. The van der Waals surface area contributed by atoms with Gasteiger partial charge < -0.3 is 15.0 Å². The molecule has 2 aromatic rings. The molecule has 0 spiro atoms. The summed E-state index contributed by atoms with van der Waals surface area (Å²) >= 11 is 0. The highest BCUT2D eigenvalue weighted by atomic mass is 16.3. The van der Waals surface area contributed by atoms with Crippen molar-refractivity contribution >= 4 is 17.1 Å². The lowest BCUT2D eigenvalue weighted by molar-refractivity contribution is 0.202. The lowest BCUT2D eigenvalue weighted by atomic mass is 9.98. The Kier molecular flexibility index (Phi) is 3.32. The van der Waals surface area contributed by atoms with Crippen LogP contribution in [0, 0.1) is 5.92 Å². The van der Waals surface area contributed by atoms with Gasteiger partial charge in [0.2, 0.25) is 5.95 Å². The molecular formula is C13H19N5O3. The molecule has 0 aromatic carbocycles. The van der Waals surface area contributed by atoms with Crippen molar-refractivity contribution in [3.05, 3.63) is 20.8 Å². The Bertz CT molecular complexity index is 779. The minimum absolute atomic E-state index is 0.211. The first kappa shape index (κ1) is 13.9. The van der Waals surface area contributed by atoms with Gasteiger partial charge in [-0.25, -0.2) is 4.79 Å². The van der Waals surface area contributed by atoms with Gasteiger partial charge in [-0.05, 0) is 18.8 Å². The molecule has 114 valence electrons. The zero-order valence-electron chi connectivity index (χ0n) is 12.2. The van der Waals surface area contributed by atoms with Crippen molar-refractivity contribution in [2.75, 3.05) is 24.6 Å². The van der Waals surface area contributed by atoms with Crippen LogP contribution in [0.2, 0.25) is 0 Å². The number of nitrogens with one attached hydrogen (secondary N) is 1. The van der Waals surface area contributed by atoms with E-state index >= 15 is 0 Å². The van der Waals surface area contributed by atoms with Crippen LogP contribution in [0.1, 0.15) is 12.8 Å². The second-order valence-corrected chi connectivity index (χ2v) is 5.58. The zero-order chi connectivity index (χ0) is 15.1. The van der Waals surface area contributed by atoms with Crippen LogP contribution < -0.4 is 16.1 Å². The van der Waals surface area contributed by atoms with Gasteiger partial charge in [0.1, 0.15) is 0 Å². The Morgan fingerprint density at radius 1 is 1.24 bits per heavy atom. The molecule has 21 heavy (non-hydrogen) atoms. The summed E-state index contributed by atoms with van der Waals surface area (Å²) in [6.07, 6.45) is 1.79. The van der Waals surface area contributed by atoms with Crippen molar-refractivity contribution < 1.29 is 5.11 Å². The van der Waals surface area contributed by atoms with E-state index in [0.717, 1.165) is 30.5 Å². The molecule has 0 saturated carbocycles. The summed E-state index contributed by atoms with van der Waals surface area (Å²) in [6.45, 7) is 1.77. The fraction of sp³-hybridized carbons (Fsp3) is 0.615. The summed E-state index contributed by atoms with van der Waals surface area (Å²) in [5, 5.41) is 9.17. The molecule has 0 unspecified atom stereocenters. The first-order valence-corrected chi connectivity index (χ1v) is 7.04. The number of hydrogen-bond donors (Lipinski definition) is 2. The maximum atomic E-state index is 12.1. The van der Waals surface area contributed by atoms with Crippen LogP contribution >= 0.6 is 0 Å². The van der Waals surface area contributed by atoms with Crippen LogP contribution in [0.5, 0.6) is 0 Å². The summed E-state index contributed by atoms with van der Waals surface area (Å²) in [7, 11) is 3.06. The average molecular weight is 293 g/mol. The largest absolute Gasteiger partial charge is 0.396 e. The van der Waals surface area contributed by atoms with Gasteiger partial charge in [-0.15, -0.1) is 0 Å². The van der Waals surface area contributed by atoms with Crippen LogP contribution in [0.25, 0.3) is 11.2 Å². The van der Waals surface area contributed by atoms with Crippen molar-refractivity contribution in [1.82, 2.24) is 19.1 Å². The lowest BCUT2D eigenvalue weighted by Crippen LogP contribution is -2.36. The predicted molar refractivity (Wildman–Crippen MR) is 78.6 cm³/mol. The molecule has 3 heterocycles. The number of fused-ring (bicyclic) bond motifs is 1. The number of anilines is 1. The molecule has 3 rings (SSSR count). The first-order chi connectivity index (χ1) is 10.0. The number of H-pyrrole nitrogens is 1. The fourth-order valence-corrected chi connectivity index (χ4v) is 2.79. The number of aliphatic hydroxyl groups excluding tert-OH is 1. The van der Waals surface area contributed by atoms with Gasteiger partial charge in [-0.1, -0.05) is 0 Å². The average Bonchev–Trinajstić information content (AvgIpc) is 2.96. The molecule has 0 amide bonds. The van der Waals surface area contributed by atoms with Crippen molar-refractivity contribution in [1.29, 1.82) is 0 Å². The number of hydrogen-bond acceptors (Lipinski definition) is 5. The number of piperidine rings is 1. The summed E-state index contributed by atoms with van der Waals surface area (Å²) in [4.78, 5) is 33.5. The Morgan fingerprint density at radius 2 is 1.90 bits per heavy atom. The number of rotatable bonds is 2. The van der Waals surface area contributed by atoms with Gasteiger partial charge in [-0.3, -0.25) is 13.9 Å². The molecule has 0 bridgehead atoms. The Labute approximate surface area is 120 Å². The lowest BCUT2D eigenvalue weighted by Gasteiger charge is -2.30. The number of aliphatic hydroxyl groups is 1. The molecule has 2 N–H and O–H groups in total. The molecule has 1 aliphatic heterocycles. The molecule has 1 aliphatic rings. The molecule has 1 saturated heterocycles. The van der Waals surface area contributed by atoms with Crippen molar-refractivity contribution in [3.8, 4) is 0 Å². The third kappa shape index (κ3) is 2.15. The SMILES string of the molecule is Cn1c(=O)c2[nH]c(N3CCC(CO)CC3)nc2n(C)c1=O. The van der Waals surface area contributed by atoms with Crippen molar-refractivity contribution in [2.24, 2.45) is 20.0 Å². The molecule has 0 radical (unpaired) electrons. The number of aromatic nitrogens is 4. The summed E-state index contributed by atoms with van der Waals surface area (Å²) < 4.78 is 2.44. The molecule has 1 fully saturated rings. The highest BCUT2D eigenvalue weighted by Gasteiger charge is 2.22. The predicted octanol–water partition coefficient (Wildman–Crippen LogP) is -0.831. The van der Waals surface area contributed by atoms with E-state index in [-0.39, 0.29) is 17.9 Å². The van der Waals surface area contributed by atoms with Crippen LogP contribution in [-0.4, -0.2) is 43.9 Å². The minimum atomic E-state index is -0.385. The van der Waals surface area contributed by atoms with Crippen LogP contribution in [0.3, 0.4) is 0 Å². The fourth-order valence-electron chi connectivity index (χ4n) is 2.79. The van der Waals surface area contributed by atoms with Crippen LogP contribution in [0.15, 0.2) is 9.59 Å². The Hall–Kier alpha value is -2.09. The minimum Gasteiger partial charge on any atom is -0.396 e. The van der Waals surface area contributed by atoms with Crippen LogP contribution in [-0.2, 0) is 14.1 Å². The highest BCUT2D eigenvalue weighted by Crippen LogP contribution is 2.21. The van der Waals surface area contributed by atoms with E-state index in [2.05, 4.69) is 14.9 Å². The van der Waals surface area contributed by atoms with E-state index in [1.807, 2.05) is 0 Å². The van der Waals surface area contributed by atoms with Gasteiger partial charge in [0.25, 0.3) is 5.56 Å². The van der Waals surface area contributed by atoms with E-state index in [1.54, 1.807) is 7.05 Å². The van der Waals surface area contributed by atoms with E-state index in [1.165, 1.54) is 11.6 Å². The Balaban J connectivity index is 2.03. The summed E-state index contributed by atoms with van der Waals surface area (Å²) in [5.74, 6) is 0.947. The second kappa shape index (κ2) is 5.03. The van der Waals surface area contributed by atoms with Crippen LogP contribution in [0.4, 0.5) is 5.95 Å². The maximum Gasteiger partial charge on any atom is 0.332 e. The summed E-state index contributed by atoms with van der Waals surface area (Å²) in [5.41, 5.74) is -0.0251. The molecule has 8 heteroatoms. The highest BCUT2D eigenvalue weighted by molar-refractivity contribution is 5.72. The van der Waals surface area contributed by atoms with E-state index < -0.39 is 0 Å². The third-order valence-corrected chi connectivity index (χ3v) is 4.25. The summed E-state index contributed by atoms with van der Waals surface area (Å²) in [6, 6.07) is 0. The standard InChI is InChI=1S/C13H19N5O3/c1-16-10-9(11(20)17(2)13(16)21)14-12(15-10)18-5-3-8(7-19)4-6-18/h8,19H,3-7H2,1-2H3,(H,14,15). The van der Waals surface area contributed by atoms with Crippen molar-refractivity contribution in [3.63, 3.8) is 0 Å². The third-order valence-electron chi connectivity index (χ3n) is 4.25. The molecule has 0 aliphatic carbocycles. The van der Waals surface area contributed by atoms with E-state index in [0.29, 0.717) is 23.0 Å². The molecule has 8 nitrogen and oxygen atoms in total. The van der Waals surface area contributed by atoms with Crippen molar-refractivity contribution in [2.45, 2.75) is 12.8 Å². The van der Waals surface area contributed by atoms with Gasteiger partial charge in [0, 0.05) is 33.8 Å². The van der Waals surface area contributed by atoms with Gasteiger partial charge in [0.15, 0.2) is 11.2 Å². The quantitative estimate of drug-likeness (QED) is 0.753. The number of aryl methyl sites for hydroxylation is 1. The van der Waals surface area contributed by atoms with Gasteiger partial charge >= 0.3 is 5.69 Å². The van der Waals surface area contributed by atoms with E-state index in [4.69, 9.17) is 0 Å². The number of aromatic amines is 1. The molecule has 0 atom stereocenters. The normalized spacial score (nSPS) is 16.8. The van der Waals surface area contributed by atoms with Gasteiger partial charge in [-0.2, -0.15) is 4.98 Å². The Morgan fingerprint density at radius 3 is 2.52 bits per heavy atom. The maximum absolute atomic E-state index is 12.1. The van der Waals surface area contributed by atoms with E-state index in [9.17, 15) is 14.7 Å². The number of nitrogens with zero attached hydrogens (tertiary/aromatic N) is 4. The first-order valence-electron chi connectivity index (χ1n) is 7.04. The second-order valence-electron chi connectivity index (χ2n) is 5.58. The molecular weight excluding hydrogens is 274 g/mol. The smallest absolute Gasteiger partial charge is 0.332 e. The van der Waals surface area contributed by atoms with Gasteiger partial charge in [0.05, 0.1) is 0 Å². The zero-order valence-corrected chi connectivity index (χ0v) is 12.2. The molecule has 2 aromatic heterocycles. The number of imidazole rings is 1. The topological polar surface area (TPSA) is 96.2 Å².